The van der Waals surface area contributed by atoms with Gasteiger partial charge in [-0.25, -0.2) is 0 Å². The summed E-state index contributed by atoms with van der Waals surface area (Å²) in [6.07, 6.45) is 10.7. The van der Waals surface area contributed by atoms with E-state index >= 15 is 0 Å². The fourth-order valence-electron chi connectivity index (χ4n) is 6.79. The van der Waals surface area contributed by atoms with E-state index in [4.69, 9.17) is 0 Å². The first-order valence-corrected chi connectivity index (χ1v) is 12.1. The Morgan fingerprint density at radius 2 is 1.93 bits per heavy atom. The first kappa shape index (κ1) is 20.2. The third-order valence-corrected chi connectivity index (χ3v) is 9.91. The van der Waals surface area contributed by atoms with E-state index in [1.54, 1.807) is 0 Å². The molecule has 30 heavy (non-hydrogen) atoms. The van der Waals surface area contributed by atoms with Gasteiger partial charge in [-0.05, 0) is 81.1 Å². The number of allylic oxidation sites excluding steroid dienone is 2. The molecule has 1 aromatic carbocycles. The van der Waals surface area contributed by atoms with Crippen LogP contribution in [0.1, 0.15) is 58.8 Å². The number of carbonyl (C=O) groups is 1. The maximum Gasteiger partial charge on any atom is 0.155 e. The van der Waals surface area contributed by atoms with E-state index in [0.717, 1.165) is 38.5 Å². The van der Waals surface area contributed by atoms with Crippen molar-refractivity contribution in [3.05, 3.63) is 53.6 Å². The van der Waals surface area contributed by atoms with E-state index < -0.39 is 5.60 Å². The lowest BCUT2D eigenvalue weighted by Gasteiger charge is -2.54. The van der Waals surface area contributed by atoms with Gasteiger partial charge in [0.25, 0.3) is 0 Å². The highest BCUT2D eigenvalue weighted by Gasteiger charge is 2.62. The highest BCUT2D eigenvalue weighted by Crippen LogP contribution is 2.66. The Morgan fingerprint density at radius 3 is 2.70 bits per heavy atom. The van der Waals surface area contributed by atoms with E-state index in [-0.39, 0.29) is 15.9 Å². The Kier molecular flexibility index (Phi) is 4.80. The van der Waals surface area contributed by atoms with Crippen molar-refractivity contribution in [2.75, 3.05) is 0 Å². The fourth-order valence-corrected chi connectivity index (χ4v) is 8.33. The van der Waals surface area contributed by atoms with Gasteiger partial charge in [0, 0.05) is 16.7 Å². The molecule has 4 aliphatic carbocycles. The number of hydrogen-bond donors (Lipinski definition) is 1. The molecular weight excluding hydrogens is 388 g/mol. The summed E-state index contributed by atoms with van der Waals surface area (Å²) in [6.45, 7) is 4.09. The summed E-state index contributed by atoms with van der Waals surface area (Å²) in [7, 11) is 0. The largest absolute Gasteiger partial charge is 0.377 e. The first-order chi connectivity index (χ1) is 14.4. The van der Waals surface area contributed by atoms with Crippen LogP contribution < -0.4 is 0 Å². The van der Waals surface area contributed by atoms with Gasteiger partial charge in [0.1, 0.15) is 5.60 Å². The zero-order valence-corrected chi connectivity index (χ0v) is 18.7. The summed E-state index contributed by atoms with van der Waals surface area (Å²) in [5, 5.41) is 11.4. The van der Waals surface area contributed by atoms with Crippen LogP contribution in [0.3, 0.4) is 0 Å². The molecule has 156 valence electrons. The maximum absolute atomic E-state index is 12.3. The van der Waals surface area contributed by atoms with Crippen LogP contribution in [0.2, 0.25) is 0 Å². The maximum atomic E-state index is 12.3. The van der Waals surface area contributed by atoms with Crippen molar-refractivity contribution < 1.29 is 9.90 Å². The molecule has 2 fully saturated rings. The van der Waals surface area contributed by atoms with E-state index in [9.17, 15) is 9.90 Å². The molecule has 3 heteroatoms. The van der Waals surface area contributed by atoms with Crippen LogP contribution >= 0.6 is 11.8 Å². The predicted molar refractivity (Wildman–Crippen MR) is 122 cm³/mol. The Bertz CT molecular complexity index is 997. The van der Waals surface area contributed by atoms with E-state index in [1.165, 1.54) is 16.0 Å². The van der Waals surface area contributed by atoms with Crippen LogP contribution in [0.25, 0.3) is 0 Å². The van der Waals surface area contributed by atoms with Gasteiger partial charge in [0.15, 0.2) is 5.78 Å². The highest BCUT2D eigenvalue weighted by molar-refractivity contribution is 8.01. The topological polar surface area (TPSA) is 37.3 Å². The van der Waals surface area contributed by atoms with Gasteiger partial charge in [0.05, 0.1) is 4.75 Å². The Morgan fingerprint density at radius 1 is 1.13 bits per heavy atom. The quantitative estimate of drug-likeness (QED) is 0.493. The summed E-state index contributed by atoms with van der Waals surface area (Å²) >= 11 is 1.95. The average Bonchev–Trinajstić information content (AvgIpc) is 3.00. The highest BCUT2D eigenvalue weighted by atomic mass is 32.2. The van der Waals surface area contributed by atoms with Crippen molar-refractivity contribution in [3.8, 4) is 11.8 Å². The van der Waals surface area contributed by atoms with Crippen LogP contribution in [0, 0.1) is 29.1 Å². The second-order valence-corrected chi connectivity index (χ2v) is 11.1. The third kappa shape index (κ3) is 2.80. The predicted octanol–water partition coefficient (Wildman–Crippen LogP) is 5.72. The Hall–Kier alpha value is -1.76. The zero-order valence-electron chi connectivity index (χ0n) is 17.9. The zero-order chi connectivity index (χ0) is 21.0. The summed E-state index contributed by atoms with van der Waals surface area (Å²) in [5.74, 6) is 7.39. The van der Waals surface area contributed by atoms with Crippen molar-refractivity contribution in [3.63, 3.8) is 0 Å². The van der Waals surface area contributed by atoms with E-state index in [1.807, 2.05) is 24.8 Å². The van der Waals surface area contributed by atoms with E-state index in [2.05, 4.69) is 55.2 Å². The molecule has 0 spiro atoms. The number of ketones is 1. The lowest BCUT2D eigenvalue weighted by molar-refractivity contribution is -0.115. The van der Waals surface area contributed by atoms with Crippen LogP contribution in [-0.4, -0.2) is 21.2 Å². The van der Waals surface area contributed by atoms with Gasteiger partial charge in [-0.3, -0.25) is 4.79 Å². The van der Waals surface area contributed by atoms with Gasteiger partial charge >= 0.3 is 0 Å². The standard InChI is InChI=1S/C27H30O2S/c1-3-14-26(29)16-13-23-22-10-9-19-18-20(28)11-17-27(19,24(22)12-15-25(23,26)2)30-21-7-5-4-6-8-21/h4-8,12,18,22-23,29H,9-11,13,15-17H2,1-2H3/t22-,23-,25-,26-,27+/m0/s1. The molecule has 5 rings (SSSR count). The lowest BCUT2D eigenvalue weighted by Crippen LogP contribution is -2.51. The van der Waals surface area contributed by atoms with Gasteiger partial charge < -0.3 is 5.11 Å². The van der Waals surface area contributed by atoms with Crippen molar-refractivity contribution in [1.82, 2.24) is 0 Å². The van der Waals surface area contributed by atoms with Crippen molar-refractivity contribution in [2.24, 2.45) is 17.3 Å². The van der Waals surface area contributed by atoms with Gasteiger partial charge in [-0.1, -0.05) is 42.7 Å². The molecule has 0 aromatic heterocycles. The number of rotatable bonds is 2. The molecule has 2 saturated carbocycles. The minimum Gasteiger partial charge on any atom is -0.377 e. The number of aliphatic hydroxyl groups is 1. The molecule has 1 aromatic rings. The molecule has 4 aliphatic rings. The summed E-state index contributed by atoms with van der Waals surface area (Å²) < 4.78 is -0.101. The van der Waals surface area contributed by atoms with Gasteiger partial charge in [-0.2, -0.15) is 0 Å². The van der Waals surface area contributed by atoms with Gasteiger partial charge in [-0.15, -0.1) is 17.7 Å². The SMILES string of the molecule is CC#C[C@]1(O)CC[C@H]2[C@@H]3CCC4=CC(=O)CC[C@]4(Sc4ccccc4)C3=CC[C@@]21C. The minimum absolute atomic E-state index is 0.101. The second kappa shape index (κ2) is 7.14. The molecule has 1 N–H and O–H groups in total. The van der Waals surface area contributed by atoms with Crippen LogP contribution in [0.4, 0.5) is 0 Å². The summed E-state index contributed by atoms with van der Waals surface area (Å²) in [4.78, 5) is 13.6. The monoisotopic (exact) mass is 418 g/mol. The summed E-state index contributed by atoms with van der Waals surface area (Å²) in [5.41, 5.74) is 1.78. The molecule has 0 heterocycles. The normalized spacial score (nSPS) is 39.6. The van der Waals surface area contributed by atoms with Crippen LogP contribution in [0.5, 0.6) is 0 Å². The molecule has 0 saturated heterocycles. The molecule has 5 atom stereocenters. The number of carbonyl (C=O) groups excluding carboxylic acids is 1. The molecule has 0 bridgehead atoms. The smallest absolute Gasteiger partial charge is 0.155 e. The number of thioether (sulfide) groups is 1. The third-order valence-electron chi connectivity index (χ3n) is 8.35. The van der Waals surface area contributed by atoms with Crippen LogP contribution in [0.15, 0.2) is 58.5 Å². The molecule has 0 unspecified atom stereocenters. The fraction of sp³-hybridized carbons (Fsp3) is 0.519. The average molecular weight is 419 g/mol. The molecule has 0 amide bonds. The lowest BCUT2D eigenvalue weighted by atomic mass is 9.54. The molecular formula is C27H30O2S. The van der Waals surface area contributed by atoms with E-state index in [0.29, 0.717) is 18.3 Å². The molecule has 0 aliphatic heterocycles. The first-order valence-electron chi connectivity index (χ1n) is 11.3. The van der Waals surface area contributed by atoms with Crippen LogP contribution in [-0.2, 0) is 4.79 Å². The van der Waals surface area contributed by atoms with Crippen molar-refractivity contribution in [1.29, 1.82) is 0 Å². The minimum atomic E-state index is -0.882. The molecule has 2 nitrogen and oxygen atoms in total. The number of fused-ring (bicyclic) bond motifs is 5. The van der Waals surface area contributed by atoms with Crippen molar-refractivity contribution in [2.45, 2.75) is 74.0 Å². The number of hydrogen-bond acceptors (Lipinski definition) is 3. The van der Waals surface area contributed by atoms with Gasteiger partial charge in [0.2, 0.25) is 0 Å². The Labute approximate surface area is 184 Å². The number of benzene rings is 1. The summed E-state index contributed by atoms with van der Waals surface area (Å²) in [6, 6.07) is 10.6. The molecule has 0 radical (unpaired) electrons. The Balaban J connectivity index is 1.60. The second-order valence-electron chi connectivity index (χ2n) is 9.68. The van der Waals surface area contributed by atoms with Crippen molar-refractivity contribution >= 4 is 17.5 Å².